The standard InChI is InChI=1S/C24H14Br2F34O/c1-5(2)7(25,9(27,28)11(31,32)13(35,36)15(39,40)17(43,44)19(47,48)21(51,52)23(55,56)57)61-8(26,6(3)4)10(29,30)12(33,34)14(37,38)16(41,42)18(45,46)20(49,50)22(53,54)24(58,59)60/h5-6H,1-4H3. The highest BCUT2D eigenvalue weighted by molar-refractivity contribution is 9.10. The van der Waals surface area contributed by atoms with Crippen LogP contribution in [0.1, 0.15) is 27.7 Å². The maximum atomic E-state index is 15.5. The smallest absolute Gasteiger partial charge is 0.332 e. The molecule has 0 aliphatic carbocycles. The first-order chi connectivity index (χ1) is 25.6. The molecule has 0 spiro atoms. The van der Waals surface area contributed by atoms with E-state index < -0.39 is 144 Å². The Balaban J connectivity index is 8.15. The second-order valence-electron chi connectivity index (χ2n) is 12.7. The molecule has 37 heteroatoms. The third-order valence-corrected chi connectivity index (χ3v) is 11.2. The molecule has 2 atom stereocenters. The molecule has 0 bridgehead atoms. The zero-order valence-corrected chi connectivity index (χ0v) is 31.3. The molecular weight excluding hydrogens is 1110 g/mol. The van der Waals surface area contributed by atoms with Crippen LogP contribution < -0.4 is 0 Å². The highest BCUT2D eigenvalue weighted by Crippen LogP contribution is 2.70. The van der Waals surface area contributed by atoms with Gasteiger partial charge in [-0.2, -0.15) is 149 Å². The van der Waals surface area contributed by atoms with Crippen molar-refractivity contribution in [3.8, 4) is 0 Å². The zero-order valence-electron chi connectivity index (χ0n) is 28.2. The van der Waals surface area contributed by atoms with E-state index in [-0.39, 0.29) is 0 Å². The van der Waals surface area contributed by atoms with Crippen LogP contribution in [0.3, 0.4) is 0 Å². The van der Waals surface area contributed by atoms with Gasteiger partial charge in [0, 0.05) is 0 Å². The molecule has 2 unspecified atom stereocenters. The first kappa shape index (κ1) is 59.5. The predicted molar refractivity (Wildman–Crippen MR) is 135 cm³/mol. The average molecular weight is 1120 g/mol. The quantitative estimate of drug-likeness (QED) is 0.0982. The van der Waals surface area contributed by atoms with Gasteiger partial charge in [-0.05, 0) is 43.7 Å². The van der Waals surface area contributed by atoms with Crippen LogP contribution in [-0.4, -0.2) is 104 Å². The van der Waals surface area contributed by atoms with Crippen molar-refractivity contribution in [2.24, 2.45) is 11.8 Å². The third kappa shape index (κ3) is 7.26. The molecule has 0 fully saturated rings. The molecule has 0 aliphatic heterocycles. The van der Waals surface area contributed by atoms with E-state index in [2.05, 4.69) is 4.74 Å². The average Bonchev–Trinajstić information content (AvgIpc) is 3.01. The molecule has 368 valence electrons. The van der Waals surface area contributed by atoms with Gasteiger partial charge >= 0.3 is 95.3 Å². The fourth-order valence-electron chi connectivity index (χ4n) is 4.06. The lowest BCUT2D eigenvalue weighted by Crippen LogP contribution is -2.78. The summed E-state index contributed by atoms with van der Waals surface area (Å²) in [5, 5.41) is 0. The van der Waals surface area contributed by atoms with Crippen molar-refractivity contribution in [1.29, 1.82) is 0 Å². The highest BCUT2D eigenvalue weighted by atomic mass is 79.9. The van der Waals surface area contributed by atoms with Crippen LogP contribution in [0.25, 0.3) is 0 Å². The minimum Gasteiger partial charge on any atom is -0.332 e. The summed E-state index contributed by atoms with van der Waals surface area (Å²) in [5.41, 5.74) is 0. The van der Waals surface area contributed by atoms with Gasteiger partial charge in [-0.3, -0.25) is 0 Å². The summed E-state index contributed by atoms with van der Waals surface area (Å²) >= 11 is 1.76. The molecular formula is C24H14Br2F34O. The Bertz CT molecular complexity index is 1460. The van der Waals surface area contributed by atoms with Crippen LogP contribution in [0.2, 0.25) is 0 Å². The minimum atomic E-state index is -9.43. The predicted octanol–water partition coefficient (Wildman–Crippen LogP) is 14.5. The highest BCUT2D eigenvalue weighted by Gasteiger charge is 2.99. The van der Waals surface area contributed by atoms with Crippen molar-refractivity contribution >= 4 is 31.9 Å². The summed E-state index contributed by atoms with van der Waals surface area (Å²) in [4.78, 5) is 0. The summed E-state index contributed by atoms with van der Waals surface area (Å²) in [6.45, 7) is -1.67. The van der Waals surface area contributed by atoms with E-state index in [0.717, 1.165) is 31.9 Å². The van der Waals surface area contributed by atoms with Crippen LogP contribution in [0.4, 0.5) is 149 Å². The number of rotatable bonds is 18. The molecule has 0 aromatic heterocycles. The summed E-state index contributed by atoms with van der Waals surface area (Å²) < 4.78 is 464. The fraction of sp³-hybridized carbons (Fsp3) is 1.00. The second-order valence-corrected chi connectivity index (χ2v) is 15.1. The van der Waals surface area contributed by atoms with Crippen molar-refractivity contribution in [2.45, 2.75) is 132 Å². The van der Waals surface area contributed by atoms with Crippen LogP contribution in [0.15, 0.2) is 0 Å². The van der Waals surface area contributed by atoms with E-state index in [4.69, 9.17) is 0 Å². The zero-order chi connectivity index (χ0) is 50.9. The first-order valence-electron chi connectivity index (χ1n) is 14.1. The van der Waals surface area contributed by atoms with Crippen LogP contribution in [0, 0.1) is 11.8 Å². The summed E-state index contributed by atoms with van der Waals surface area (Å²) in [5.74, 6) is -134. The van der Waals surface area contributed by atoms with Gasteiger partial charge in [0.2, 0.25) is 0 Å². The van der Waals surface area contributed by atoms with Gasteiger partial charge < -0.3 is 4.74 Å². The maximum absolute atomic E-state index is 15.5. The Hall–Kier alpha value is -1.46. The molecule has 1 nitrogen and oxygen atoms in total. The SMILES string of the molecule is CC(C)C(Br)(OC(Br)(C(C)C)C(F)(F)C(F)(F)C(F)(F)C(F)(F)C(F)(F)C(F)(F)C(F)(F)C(F)(F)F)C(F)(F)C(F)(F)C(F)(F)C(F)(F)C(F)(F)C(F)(F)C(F)(F)C(F)(F)F. The molecule has 0 saturated heterocycles. The van der Waals surface area contributed by atoms with Crippen LogP contribution >= 0.6 is 31.9 Å². The monoisotopic (exact) mass is 1120 g/mol. The van der Waals surface area contributed by atoms with Gasteiger partial charge in [-0.25, -0.2) is 0 Å². The van der Waals surface area contributed by atoms with E-state index in [9.17, 15) is 132 Å². The fourth-order valence-corrected chi connectivity index (χ4v) is 5.29. The molecule has 0 heterocycles. The third-order valence-electron chi connectivity index (χ3n) is 8.08. The largest absolute Gasteiger partial charge is 0.460 e. The molecule has 0 saturated carbocycles. The summed E-state index contributed by atoms with van der Waals surface area (Å²) in [7, 11) is 0. The lowest BCUT2D eigenvalue weighted by molar-refractivity contribution is -0.472. The van der Waals surface area contributed by atoms with Crippen molar-refractivity contribution in [2.75, 3.05) is 0 Å². The van der Waals surface area contributed by atoms with E-state index in [0.29, 0.717) is 0 Å². The van der Waals surface area contributed by atoms with Crippen molar-refractivity contribution < 1.29 is 154 Å². The Kier molecular flexibility index (Phi) is 14.7. The molecule has 0 N–H and O–H groups in total. The lowest BCUT2D eigenvalue weighted by Gasteiger charge is -2.52. The normalized spacial score (nSPS) is 18.8. The summed E-state index contributed by atoms with van der Waals surface area (Å²) in [6, 6.07) is 0. The van der Waals surface area contributed by atoms with Crippen LogP contribution in [0.5, 0.6) is 0 Å². The molecule has 0 rings (SSSR count). The molecule has 0 amide bonds. The first-order valence-corrected chi connectivity index (χ1v) is 15.7. The van der Waals surface area contributed by atoms with E-state index in [1.807, 2.05) is 0 Å². The topological polar surface area (TPSA) is 9.23 Å². The number of alkyl halides is 36. The van der Waals surface area contributed by atoms with Crippen LogP contribution in [-0.2, 0) is 4.74 Å². The van der Waals surface area contributed by atoms with Gasteiger partial charge in [0.05, 0.1) is 0 Å². The maximum Gasteiger partial charge on any atom is 0.460 e. The van der Waals surface area contributed by atoms with E-state index >= 15 is 17.6 Å². The Morgan fingerprint density at radius 1 is 0.230 bits per heavy atom. The number of halogens is 36. The van der Waals surface area contributed by atoms with Gasteiger partial charge in [0.1, 0.15) is 0 Å². The molecule has 0 aromatic carbocycles. The molecule has 0 radical (unpaired) electrons. The van der Waals surface area contributed by atoms with Crippen molar-refractivity contribution in [1.82, 2.24) is 0 Å². The second kappa shape index (κ2) is 15.0. The minimum absolute atomic E-state index is 0.419. The lowest BCUT2D eigenvalue weighted by atomic mass is 9.84. The number of hydrogen-bond donors (Lipinski definition) is 0. The van der Waals surface area contributed by atoms with Gasteiger partial charge in [0.25, 0.3) is 0 Å². The van der Waals surface area contributed by atoms with Gasteiger partial charge in [0.15, 0.2) is 9.02 Å². The Morgan fingerprint density at radius 3 is 0.459 bits per heavy atom. The van der Waals surface area contributed by atoms with Crippen molar-refractivity contribution in [3.05, 3.63) is 0 Å². The van der Waals surface area contributed by atoms with Crippen molar-refractivity contribution in [3.63, 3.8) is 0 Å². The van der Waals surface area contributed by atoms with E-state index in [1.54, 1.807) is 0 Å². The molecule has 61 heavy (non-hydrogen) atoms. The molecule has 0 aromatic rings. The number of ether oxygens (including phenoxy) is 1. The summed E-state index contributed by atoms with van der Waals surface area (Å²) in [6.07, 6.45) is -16.5. The Labute approximate surface area is 330 Å². The Morgan fingerprint density at radius 2 is 0.344 bits per heavy atom. The number of hydrogen-bond acceptors (Lipinski definition) is 1. The van der Waals surface area contributed by atoms with E-state index in [1.165, 1.54) is 0 Å². The van der Waals surface area contributed by atoms with Gasteiger partial charge in [-0.1, -0.05) is 27.7 Å². The molecule has 0 aliphatic rings. The van der Waals surface area contributed by atoms with Gasteiger partial charge in [-0.15, -0.1) is 0 Å².